The fourth-order valence-corrected chi connectivity index (χ4v) is 2.03. The van der Waals surface area contributed by atoms with Gasteiger partial charge in [0, 0.05) is 13.1 Å². The molecule has 0 saturated heterocycles. The molecule has 0 atom stereocenters. The van der Waals surface area contributed by atoms with E-state index >= 15 is 0 Å². The van der Waals surface area contributed by atoms with E-state index in [4.69, 9.17) is 4.74 Å². The zero-order valence-electron chi connectivity index (χ0n) is 11.2. The number of likely N-dealkylation sites (N-methyl/N-ethyl adjacent to an activating group) is 1. The zero-order valence-corrected chi connectivity index (χ0v) is 11.2. The lowest BCUT2D eigenvalue weighted by Crippen LogP contribution is -2.48. The van der Waals surface area contributed by atoms with Gasteiger partial charge in [-0.05, 0) is 38.5 Å². The van der Waals surface area contributed by atoms with Crippen LogP contribution in [0.4, 0.5) is 0 Å². The van der Waals surface area contributed by atoms with Gasteiger partial charge in [0.15, 0.2) is 0 Å². The van der Waals surface area contributed by atoms with E-state index in [0.717, 1.165) is 24.7 Å². The first-order chi connectivity index (χ1) is 7.41. The van der Waals surface area contributed by atoms with Crippen molar-refractivity contribution >= 4 is 5.91 Å². The maximum Gasteiger partial charge on any atom is 0.248 e. The van der Waals surface area contributed by atoms with Crippen molar-refractivity contribution in [1.82, 2.24) is 4.90 Å². The minimum absolute atomic E-state index is 0.112. The quantitative estimate of drug-likeness (QED) is 0.721. The van der Waals surface area contributed by atoms with Crippen LogP contribution in [0.5, 0.6) is 0 Å². The van der Waals surface area contributed by atoms with E-state index in [1.54, 1.807) is 0 Å². The van der Waals surface area contributed by atoms with Gasteiger partial charge in [0.1, 0.15) is 6.61 Å². The van der Waals surface area contributed by atoms with Crippen molar-refractivity contribution in [2.24, 2.45) is 11.8 Å². The summed E-state index contributed by atoms with van der Waals surface area (Å²) in [6, 6.07) is 0.440. The molecule has 3 nitrogen and oxygen atoms in total. The molecule has 16 heavy (non-hydrogen) atoms. The Balaban J connectivity index is 2.25. The average molecular weight is 227 g/mol. The maximum absolute atomic E-state index is 11.8. The fraction of sp³-hybridized carbons (Fsp3) is 0.923. The molecule has 1 fully saturated rings. The van der Waals surface area contributed by atoms with Gasteiger partial charge in [-0.2, -0.15) is 0 Å². The second kappa shape index (κ2) is 5.67. The normalized spacial score (nSPS) is 24.7. The average Bonchev–Trinajstić information content (AvgIpc) is 2.10. The van der Waals surface area contributed by atoms with Crippen molar-refractivity contribution in [3.05, 3.63) is 0 Å². The zero-order chi connectivity index (χ0) is 12.3. The Labute approximate surface area is 99.1 Å². The van der Waals surface area contributed by atoms with Crippen LogP contribution in [0.25, 0.3) is 0 Å². The van der Waals surface area contributed by atoms with E-state index in [2.05, 4.69) is 13.8 Å². The Bertz CT molecular complexity index is 232. The van der Waals surface area contributed by atoms with Crippen LogP contribution in [0.15, 0.2) is 0 Å². The first-order valence-electron chi connectivity index (χ1n) is 6.29. The van der Waals surface area contributed by atoms with Crippen LogP contribution in [-0.2, 0) is 9.53 Å². The molecule has 1 saturated carbocycles. The molecule has 1 aliphatic rings. The number of amides is 1. The summed E-state index contributed by atoms with van der Waals surface area (Å²) in [7, 11) is 1.90. The highest BCUT2D eigenvalue weighted by atomic mass is 16.5. The molecule has 0 aromatic heterocycles. The minimum atomic E-state index is 0.112. The molecule has 3 heteroatoms. The second-order valence-electron chi connectivity index (χ2n) is 5.49. The Morgan fingerprint density at radius 2 is 1.88 bits per heavy atom. The summed E-state index contributed by atoms with van der Waals surface area (Å²) in [6.45, 7) is 8.63. The van der Waals surface area contributed by atoms with Crippen LogP contribution in [0.2, 0.25) is 0 Å². The van der Waals surface area contributed by atoms with Gasteiger partial charge in [0.05, 0.1) is 6.10 Å². The number of hydrogen-bond donors (Lipinski definition) is 0. The standard InChI is InChI=1S/C13H25NO2/c1-9(2)11-6-12(7-11)14(5)13(15)8-16-10(3)4/h9-12H,6-8H2,1-5H3. The number of carbonyl (C=O) groups excluding carboxylic acids is 1. The Kier molecular flexibility index (Phi) is 4.78. The van der Waals surface area contributed by atoms with Gasteiger partial charge in [-0.15, -0.1) is 0 Å². The van der Waals surface area contributed by atoms with E-state index in [9.17, 15) is 4.79 Å². The van der Waals surface area contributed by atoms with Crippen LogP contribution in [0.1, 0.15) is 40.5 Å². The predicted molar refractivity (Wildman–Crippen MR) is 65.2 cm³/mol. The molecule has 0 heterocycles. The summed E-state index contributed by atoms with van der Waals surface area (Å²) in [5.41, 5.74) is 0. The molecule has 0 bridgehead atoms. The third-order valence-electron chi connectivity index (χ3n) is 3.57. The lowest BCUT2D eigenvalue weighted by atomic mass is 9.73. The van der Waals surface area contributed by atoms with Gasteiger partial charge in [-0.3, -0.25) is 4.79 Å². The Morgan fingerprint density at radius 3 is 2.31 bits per heavy atom. The summed E-state index contributed by atoms with van der Waals surface area (Å²) in [5.74, 6) is 1.65. The molecule has 1 amide bonds. The minimum Gasteiger partial charge on any atom is -0.369 e. The third kappa shape index (κ3) is 3.48. The van der Waals surface area contributed by atoms with Gasteiger partial charge in [0.25, 0.3) is 0 Å². The smallest absolute Gasteiger partial charge is 0.248 e. The molecule has 0 N–H and O–H groups in total. The highest BCUT2D eigenvalue weighted by Crippen LogP contribution is 2.36. The molecular weight excluding hydrogens is 202 g/mol. The van der Waals surface area contributed by atoms with Crippen LogP contribution in [0.3, 0.4) is 0 Å². The number of rotatable bonds is 5. The Morgan fingerprint density at radius 1 is 1.31 bits per heavy atom. The first-order valence-corrected chi connectivity index (χ1v) is 6.29. The Hall–Kier alpha value is -0.570. The summed E-state index contributed by atoms with van der Waals surface area (Å²) >= 11 is 0. The van der Waals surface area contributed by atoms with E-state index in [0.29, 0.717) is 6.04 Å². The topological polar surface area (TPSA) is 29.5 Å². The number of carbonyl (C=O) groups is 1. The van der Waals surface area contributed by atoms with Crippen molar-refractivity contribution < 1.29 is 9.53 Å². The lowest BCUT2D eigenvalue weighted by molar-refractivity contribution is -0.141. The van der Waals surface area contributed by atoms with Crippen LogP contribution in [0, 0.1) is 11.8 Å². The SMILES string of the molecule is CC(C)OCC(=O)N(C)C1CC(C(C)C)C1. The number of hydrogen-bond acceptors (Lipinski definition) is 2. The van der Waals surface area contributed by atoms with Crippen molar-refractivity contribution in [3.63, 3.8) is 0 Å². The van der Waals surface area contributed by atoms with Gasteiger partial charge >= 0.3 is 0 Å². The first kappa shape index (κ1) is 13.5. The molecule has 0 aromatic rings. The summed E-state index contributed by atoms with van der Waals surface area (Å²) in [5, 5.41) is 0. The third-order valence-corrected chi connectivity index (χ3v) is 3.57. The molecule has 0 aromatic carbocycles. The molecule has 1 rings (SSSR count). The lowest BCUT2D eigenvalue weighted by Gasteiger charge is -2.43. The summed E-state index contributed by atoms with van der Waals surface area (Å²) in [6.07, 6.45) is 2.44. The summed E-state index contributed by atoms with van der Waals surface area (Å²) < 4.78 is 5.33. The van der Waals surface area contributed by atoms with Crippen LogP contribution < -0.4 is 0 Å². The number of nitrogens with zero attached hydrogens (tertiary/aromatic N) is 1. The second-order valence-corrected chi connectivity index (χ2v) is 5.49. The van der Waals surface area contributed by atoms with Crippen LogP contribution >= 0.6 is 0 Å². The maximum atomic E-state index is 11.8. The molecule has 0 spiro atoms. The predicted octanol–water partition coefficient (Wildman–Crippen LogP) is 2.30. The largest absolute Gasteiger partial charge is 0.369 e. The van der Waals surface area contributed by atoms with E-state index in [1.807, 2.05) is 25.8 Å². The van der Waals surface area contributed by atoms with E-state index in [1.165, 1.54) is 0 Å². The van der Waals surface area contributed by atoms with Crippen molar-refractivity contribution in [2.75, 3.05) is 13.7 Å². The van der Waals surface area contributed by atoms with Crippen molar-refractivity contribution in [1.29, 1.82) is 0 Å². The molecule has 0 radical (unpaired) electrons. The van der Waals surface area contributed by atoms with E-state index < -0.39 is 0 Å². The highest BCUT2D eigenvalue weighted by Gasteiger charge is 2.35. The van der Waals surface area contributed by atoms with Gasteiger partial charge < -0.3 is 9.64 Å². The summed E-state index contributed by atoms with van der Waals surface area (Å²) in [4.78, 5) is 13.6. The molecule has 1 aliphatic carbocycles. The monoisotopic (exact) mass is 227 g/mol. The van der Waals surface area contributed by atoms with E-state index in [-0.39, 0.29) is 18.6 Å². The molecule has 0 unspecified atom stereocenters. The van der Waals surface area contributed by atoms with Crippen LogP contribution in [-0.4, -0.2) is 36.6 Å². The van der Waals surface area contributed by atoms with Gasteiger partial charge in [-0.1, -0.05) is 13.8 Å². The highest BCUT2D eigenvalue weighted by molar-refractivity contribution is 5.77. The van der Waals surface area contributed by atoms with Gasteiger partial charge in [0.2, 0.25) is 5.91 Å². The van der Waals surface area contributed by atoms with Crippen molar-refractivity contribution in [3.8, 4) is 0 Å². The van der Waals surface area contributed by atoms with Gasteiger partial charge in [-0.25, -0.2) is 0 Å². The molecular formula is C13H25NO2. The van der Waals surface area contributed by atoms with Crippen molar-refractivity contribution in [2.45, 2.75) is 52.7 Å². The molecule has 0 aliphatic heterocycles. The molecule has 94 valence electrons. The fourth-order valence-electron chi connectivity index (χ4n) is 2.03. The number of ether oxygens (including phenoxy) is 1.